The van der Waals surface area contributed by atoms with Crippen LogP contribution < -0.4 is 5.32 Å². The van der Waals surface area contributed by atoms with Gasteiger partial charge in [0.1, 0.15) is 6.04 Å². The lowest BCUT2D eigenvalue weighted by Crippen LogP contribution is -2.49. The van der Waals surface area contributed by atoms with Gasteiger partial charge in [-0.15, -0.1) is 0 Å². The highest BCUT2D eigenvalue weighted by Crippen LogP contribution is 2.24. The number of carbonyl (C=O) groups excluding carboxylic acids is 1. The van der Waals surface area contributed by atoms with Gasteiger partial charge < -0.3 is 10.4 Å². The number of benzene rings is 1. The topological polar surface area (TPSA) is 104 Å². The number of rotatable bonds is 7. The molecule has 2 rings (SSSR count). The highest BCUT2D eigenvalue weighted by atomic mass is 32.2. The average molecular weight is 382 g/mol. The van der Waals surface area contributed by atoms with Gasteiger partial charge in [-0.2, -0.15) is 4.31 Å². The SMILES string of the molecule is CC[C@H](C)[C@H](NC(=O)C1CCN(S(=O)(=O)c2ccccc2)CC1)C(=O)O. The molecule has 1 aliphatic rings. The van der Waals surface area contributed by atoms with E-state index < -0.39 is 22.0 Å². The van der Waals surface area contributed by atoms with Crippen molar-refractivity contribution in [3.05, 3.63) is 30.3 Å². The Labute approximate surface area is 154 Å². The summed E-state index contributed by atoms with van der Waals surface area (Å²) in [6.45, 7) is 4.15. The van der Waals surface area contributed by atoms with Crippen LogP contribution in [-0.2, 0) is 19.6 Å². The Balaban J connectivity index is 1.97. The van der Waals surface area contributed by atoms with E-state index in [-0.39, 0.29) is 35.7 Å². The molecule has 0 aliphatic carbocycles. The van der Waals surface area contributed by atoms with Crippen molar-refractivity contribution < 1.29 is 23.1 Å². The maximum atomic E-state index is 12.6. The van der Waals surface area contributed by atoms with Crippen molar-refractivity contribution in [2.24, 2.45) is 11.8 Å². The van der Waals surface area contributed by atoms with E-state index in [1.165, 1.54) is 4.31 Å². The molecule has 1 aromatic rings. The Bertz CT molecular complexity index is 727. The predicted molar refractivity (Wildman–Crippen MR) is 96.9 cm³/mol. The van der Waals surface area contributed by atoms with Crippen LogP contribution >= 0.6 is 0 Å². The Morgan fingerprint density at radius 1 is 1.23 bits per heavy atom. The van der Waals surface area contributed by atoms with Crippen molar-refractivity contribution in [3.63, 3.8) is 0 Å². The molecule has 144 valence electrons. The van der Waals surface area contributed by atoms with Gasteiger partial charge >= 0.3 is 5.97 Å². The van der Waals surface area contributed by atoms with Crippen molar-refractivity contribution >= 4 is 21.9 Å². The Kier molecular flexibility index (Phi) is 6.77. The molecule has 0 aromatic heterocycles. The number of aliphatic carboxylic acids is 1. The van der Waals surface area contributed by atoms with Crippen LogP contribution in [0.25, 0.3) is 0 Å². The maximum Gasteiger partial charge on any atom is 0.326 e. The van der Waals surface area contributed by atoms with E-state index in [1.807, 2.05) is 6.92 Å². The zero-order valence-electron chi connectivity index (χ0n) is 15.1. The molecule has 1 saturated heterocycles. The third kappa shape index (κ3) is 4.62. The first-order valence-electron chi connectivity index (χ1n) is 8.85. The van der Waals surface area contributed by atoms with E-state index >= 15 is 0 Å². The fourth-order valence-corrected chi connectivity index (χ4v) is 4.54. The number of carboxylic acid groups (broad SMARTS) is 1. The summed E-state index contributed by atoms with van der Waals surface area (Å²) in [4.78, 5) is 24.0. The van der Waals surface area contributed by atoms with Gasteiger partial charge in [0.05, 0.1) is 4.90 Å². The zero-order chi connectivity index (χ0) is 19.3. The molecule has 2 atom stereocenters. The third-order valence-corrected chi connectivity index (χ3v) is 6.90. The lowest BCUT2D eigenvalue weighted by Gasteiger charge is -2.31. The Morgan fingerprint density at radius 3 is 2.31 bits per heavy atom. The van der Waals surface area contributed by atoms with Crippen LogP contribution in [-0.4, -0.2) is 48.8 Å². The largest absolute Gasteiger partial charge is 0.480 e. The molecule has 0 bridgehead atoms. The second-order valence-corrected chi connectivity index (χ2v) is 8.64. The first kappa shape index (κ1) is 20.4. The van der Waals surface area contributed by atoms with Crippen LogP contribution in [0.2, 0.25) is 0 Å². The lowest BCUT2D eigenvalue weighted by atomic mass is 9.94. The highest BCUT2D eigenvalue weighted by molar-refractivity contribution is 7.89. The second kappa shape index (κ2) is 8.64. The molecular weight excluding hydrogens is 356 g/mol. The van der Waals surface area contributed by atoms with Gasteiger partial charge in [-0.1, -0.05) is 38.5 Å². The van der Waals surface area contributed by atoms with E-state index in [2.05, 4.69) is 5.32 Å². The van der Waals surface area contributed by atoms with Gasteiger partial charge in [0.25, 0.3) is 0 Å². The lowest BCUT2D eigenvalue weighted by molar-refractivity contribution is -0.144. The smallest absolute Gasteiger partial charge is 0.326 e. The quantitative estimate of drug-likeness (QED) is 0.747. The van der Waals surface area contributed by atoms with Gasteiger partial charge in [0.2, 0.25) is 15.9 Å². The number of sulfonamides is 1. The minimum atomic E-state index is -3.56. The van der Waals surface area contributed by atoms with Gasteiger partial charge in [0, 0.05) is 19.0 Å². The Morgan fingerprint density at radius 2 is 1.81 bits per heavy atom. The summed E-state index contributed by atoms with van der Waals surface area (Å²) in [6, 6.07) is 7.29. The number of amides is 1. The van der Waals surface area contributed by atoms with Crippen LogP contribution in [0, 0.1) is 11.8 Å². The number of nitrogens with one attached hydrogen (secondary N) is 1. The predicted octanol–water partition coefficient (Wildman–Crippen LogP) is 1.70. The fourth-order valence-electron chi connectivity index (χ4n) is 3.05. The molecule has 26 heavy (non-hydrogen) atoms. The molecule has 0 radical (unpaired) electrons. The minimum Gasteiger partial charge on any atom is -0.480 e. The summed E-state index contributed by atoms with van der Waals surface area (Å²) in [6.07, 6.45) is 1.40. The van der Waals surface area contributed by atoms with Crippen molar-refractivity contribution in [2.45, 2.75) is 44.0 Å². The van der Waals surface area contributed by atoms with E-state index in [0.717, 1.165) is 0 Å². The van der Waals surface area contributed by atoms with E-state index in [9.17, 15) is 23.1 Å². The molecular formula is C18H26N2O5S. The molecule has 1 fully saturated rings. The van der Waals surface area contributed by atoms with E-state index in [1.54, 1.807) is 37.3 Å². The first-order valence-corrected chi connectivity index (χ1v) is 10.3. The number of carboxylic acids is 1. The van der Waals surface area contributed by atoms with Crippen LogP contribution in [0.4, 0.5) is 0 Å². The van der Waals surface area contributed by atoms with E-state index in [4.69, 9.17) is 0 Å². The zero-order valence-corrected chi connectivity index (χ0v) is 15.9. The van der Waals surface area contributed by atoms with Crippen LogP contribution in [0.15, 0.2) is 35.2 Å². The summed E-state index contributed by atoms with van der Waals surface area (Å²) < 4.78 is 26.6. The number of carbonyl (C=O) groups is 2. The van der Waals surface area contributed by atoms with Crippen molar-refractivity contribution in [1.29, 1.82) is 0 Å². The molecule has 1 heterocycles. The van der Waals surface area contributed by atoms with Crippen LogP contribution in [0.3, 0.4) is 0 Å². The molecule has 1 aliphatic heterocycles. The molecule has 2 N–H and O–H groups in total. The number of piperidine rings is 1. The number of hydrogen-bond donors (Lipinski definition) is 2. The first-order chi connectivity index (χ1) is 12.3. The number of hydrogen-bond acceptors (Lipinski definition) is 4. The van der Waals surface area contributed by atoms with Gasteiger partial charge in [0.15, 0.2) is 0 Å². The Hall–Kier alpha value is -1.93. The normalized spacial score (nSPS) is 18.8. The van der Waals surface area contributed by atoms with Gasteiger partial charge in [-0.25, -0.2) is 13.2 Å². The second-order valence-electron chi connectivity index (χ2n) is 6.70. The summed E-state index contributed by atoms with van der Waals surface area (Å²) in [5.74, 6) is -1.90. The highest BCUT2D eigenvalue weighted by Gasteiger charge is 2.34. The summed E-state index contributed by atoms with van der Waals surface area (Å²) in [5.41, 5.74) is 0. The van der Waals surface area contributed by atoms with Gasteiger partial charge in [-0.3, -0.25) is 4.79 Å². The molecule has 0 saturated carbocycles. The molecule has 1 amide bonds. The third-order valence-electron chi connectivity index (χ3n) is 4.98. The van der Waals surface area contributed by atoms with Crippen molar-refractivity contribution in [1.82, 2.24) is 9.62 Å². The van der Waals surface area contributed by atoms with Crippen LogP contribution in [0.5, 0.6) is 0 Å². The standard InChI is InChI=1S/C18H26N2O5S/c1-3-13(2)16(18(22)23)19-17(21)14-9-11-20(12-10-14)26(24,25)15-7-5-4-6-8-15/h4-8,13-14,16H,3,9-12H2,1-2H3,(H,19,21)(H,22,23)/t13-,16-/m0/s1. The molecule has 1 aromatic carbocycles. The van der Waals surface area contributed by atoms with Crippen molar-refractivity contribution in [2.75, 3.05) is 13.1 Å². The molecule has 8 heteroatoms. The molecule has 0 spiro atoms. The van der Waals surface area contributed by atoms with Crippen molar-refractivity contribution in [3.8, 4) is 0 Å². The number of nitrogens with zero attached hydrogens (tertiary/aromatic N) is 1. The monoisotopic (exact) mass is 382 g/mol. The maximum absolute atomic E-state index is 12.6. The summed E-state index contributed by atoms with van der Waals surface area (Å²) in [7, 11) is -3.56. The van der Waals surface area contributed by atoms with Gasteiger partial charge in [-0.05, 0) is 30.9 Å². The summed E-state index contributed by atoms with van der Waals surface area (Å²) in [5, 5.41) is 11.9. The van der Waals surface area contributed by atoms with Crippen LogP contribution in [0.1, 0.15) is 33.1 Å². The fraction of sp³-hybridized carbons (Fsp3) is 0.556. The summed E-state index contributed by atoms with van der Waals surface area (Å²) >= 11 is 0. The minimum absolute atomic E-state index is 0.171. The van der Waals surface area contributed by atoms with E-state index in [0.29, 0.717) is 19.3 Å². The molecule has 7 nitrogen and oxygen atoms in total. The average Bonchev–Trinajstić information content (AvgIpc) is 2.65. The molecule has 0 unspecified atom stereocenters.